The first-order chi connectivity index (χ1) is 15.1. The van der Waals surface area contributed by atoms with Crippen molar-refractivity contribution in [3.05, 3.63) is 82.2 Å². The highest BCUT2D eigenvalue weighted by molar-refractivity contribution is 9.10. The van der Waals surface area contributed by atoms with Crippen LogP contribution in [0, 0.1) is 0 Å². The van der Waals surface area contributed by atoms with Gasteiger partial charge in [0.05, 0.1) is 17.5 Å². The molecule has 2 aromatic carbocycles. The first-order valence-corrected chi connectivity index (χ1v) is 10.8. The number of aromatic amines is 1. The second-order valence-corrected chi connectivity index (χ2v) is 8.65. The van der Waals surface area contributed by atoms with Crippen LogP contribution in [0.25, 0.3) is 21.9 Å². The van der Waals surface area contributed by atoms with Gasteiger partial charge in [0.1, 0.15) is 17.4 Å². The molecule has 0 aliphatic carbocycles. The van der Waals surface area contributed by atoms with Gasteiger partial charge in [-0.1, -0.05) is 34.1 Å². The quantitative estimate of drug-likeness (QED) is 0.404. The predicted molar refractivity (Wildman–Crippen MR) is 120 cm³/mol. The van der Waals surface area contributed by atoms with E-state index >= 15 is 0 Å². The molecule has 0 unspecified atom stereocenters. The number of amides is 1. The fourth-order valence-electron chi connectivity index (χ4n) is 4.45. The van der Waals surface area contributed by atoms with Crippen molar-refractivity contribution in [2.45, 2.75) is 12.5 Å². The zero-order valence-corrected chi connectivity index (χ0v) is 18.3. The van der Waals surface area contributed by atoms with Gasteiger partial charge in [0.25, 0.3) is 5.91 Å². The number of hydrogen-bond acceptors (Lipinski definition) is 4. The van der Waals surface area contributed by atoms with E-state index in [0.29, 0.717) is 24.4 Å². The minimum absolute atomic E-state index is 0.136. The van der Waals surface area contributed by atoms with Gasteiger partial charge in [0, 0.05) is 41.0 Å². The molecular formula is C23H18BrN5O2. The molecule has 5 aromatic rings. The number of aromatic nitrogens is 4. The number of imidazole rings is 1. The zero-order chi connectivity index (χ0) is 21.1. The van der Waals surface area contributed by atoms with Crippen LogP contribution in [0.4, 0.5) is 0 Å². The van der Waals surface area contributed by atoms with Gasteiger partial charge in [0.15, 0.2) is 5.69 Å². The first kappa shape index (κ1) is 18.4. The smallest absolute Gasteiger partial charge is 0.275 e. The summed E-state index contributed by atoms with van der Waals surface area (Å²) < 4.78 is 8.83. The van der Waals surface area contributed by atoms with E-state index in [0.717, 1.165) is 37.7 Å². The van der Waals surface area contributed by atoms with Gasteiger partial charge < -0.3 is 14.3 Å². The van der Waals surface area contributed by atoms with Crippen LogP contribution in [0.2, 0.25) is 0 Å². The van der Waals surface area contributed by atoms with E-state index in [1.165, 1.54) is 0 Å². The van der Waals surface area contributed by atoms with Crippen LogP contribution in [0.15, 0.2) is 63.7 Å². The SMILES string of the molecule is Cn1nc(C(=O)N2CCc3[nH]cnc3[C@H]2c2cc3ccccc3o2)c2cc(Br)ccc21. The van der Waals surface area contributed by atoms with Crippen LogP contribution in [-0.4, -0.2) is 37.1 Å². The zero-order valence-electron chi connectivity index (χ0n) is 16.7. The number of H-pyrrole nitrogens is 1. The number of nitrogens with zero attached hydrogens (tertiary/aromatic N) is 4. The molecule has 0 spiro atoms. The lowest BCUT2D eigenvalue weighted by molar-refractivity contribution is 0.0668. The number of carbonyl (C=O) groups excluding carboxylic acids is 1. The third-order valence-corrected chi connectivity index (χ3v) is 6.41. The van der Waals surface area contributed by atoms with Gasteiger partial charge in [-0.25, -0.2) is 4.98 Å². The van der Waals surface area contributed by atoms with Crippen molar-refractivity contribution >= 4 is 43.7 Å². The minimum atomic E-state index is -0.417. The summed E-state index contributed by atoms with van der Waals surface area (Å²) in [7, 11) is 1.85. The second kappa shape index (κ2) is 6.81. The lowest BCUT2D eigenvalue weighted by Gasteiger charge is -2.33. The fraction of sp³-hybridized carbons (Fsp3) is 0.174. The highest BCUT2D eigenvalue weighted by Crippen LogP contribution is 2.37. The topological polar surface area (TPSA) is 80.0 Å². The van der Waals surface area contributed by atoms with Crippen LogP contribution >= 0.6 is 15.9 Å². The van der Waals surface area contributed by atoms with Crippen LogP contribution < -0.4 is 0 Å². The number of halogens is 1. The van der Waals surface area contributed by atoms with Gasteiger partial charge in [-0.3, -0.25) is 9.48 Å². The summed E-state index contributed by atoms with van der Waals surface area (Å²) in [6, 6.07) is 15.3. The molecule has 0 radical (unpaired) electrons. The Morgan fingerprint density at radius 3 is 2.97 bits per heavy atom. The maximum absolute atomic E-state index is 13.8. The summed E-state index contributed by atoms with van der Waals surface area (Å²) in [5.41, 5.74) is 3.98. The van der Waals surface area contributed by atoms with Crippen LogP contribution in [0.3, 0.4) is 0 Å². The maximum atomic E-state index is 13.8. The largest absolute Gasteiger partial charge is 0.458 e. The monoisotopic (exact) mass is 475 g/mol. The van der Waals surface area contributed by atoms with Crippen molar-refractivity contribution in [3.63, 3.8) is 0 Å². The van der Waals surface area contributed by atoms with E-state index in [1.807, 2.05) is 60.5 Å². The molecule has 8 heteroatoms. The van der Waals surface area contributed by atoms with E-state index < -0.39 is 6.04 Å². The molecule has 7 nitrogen and oxygen atoms in total. The van der Waals surface area contributed by atoms with Crippen LogP contribution in [0.5, 0.6) is 0 Å². The highest BCUT2D eigenvalue weighted by atomic mass is 79.9. The molecule has 1 N–H and O–H groups in total. The molecule has 0 bridgehead atoms. The van der Waals surface area contributed by atoms with Crippen molar-refractivity contribution < 1.29 is 9.21 Å². The minimum Gasteiger partial charge on any atom is -0.458 e. The van der Waals surface area contributed by atoms with Crippen LogP contribution in [0.1, 0.15) is 33.7 Å². The molecule has 6 rings (SSSR count). The normalized spacial score (nSPS) is 16.2. The van der Waals surface area contributed by atoms with Crippen molar-refractivity contribution in [3.8, 4) is 0 Å². The lowest BCUT2D eigenvalue weighted by atomic mass is 9.99. The fourth-order valence-corrected chi connectivity index (χ4v) is 4.81. The third kappa shape index (κ3) is 2.82. The molecule has 1 aliphatic rings. The molecule has 3 aromatic heterocycles. The van der Waals surface area contributed by atoms with E-state index in [-0.39, 0.29) is 5.91 Å². The van der Waals surface area contributed by atoms with Gasteiger partial charge in [-0.05, 0) is 30.3 Å². The molecular weight excluding hydrogens is 458 g/mol. The number of aryl methyl sites for hydroxylation is 1. The van der Waals surface area contributed by atoms with Gasteiger partial charge in [-0.2, -0.15) is 5.10 Å². The number of rotatable bonds is 2. The molecule has 154 valence electrons. The van der Waals surface area contributed by atoms with Crippen molar-refractivity contribution in [1.29, 1.82) is 0 Å². The number of hydrogen-bond donors (Lipinski definition) is 1. The number of para-hydroxylation sites is 1. The average molecular weight is 476 g/mol. The molecule has 0 fully saturated rings. The van der Waals surface area contributed by atoms with Crippen molar-refractivity contribution in [1.82, 2.24) is 24.6 Å². The third-order valence-electron chi connectivity index (χ3n) is 5.91. The van der Waals surface area contributed by atoms with Crippen LogP contribution in [-0.2, 0) is 13.5 Å². The predicted octanol–water partition coefficient (Wildman–Crippen LogP) is 4.59. The molecule has 1 atom stereocenters. The summed E-state index contributed by atoms with van der Waals surface area (Å²) in [6.07, 6.45) is 2.38. The number of furan rings is 1. The molecule has 1 aliphatic heterocycles. The number of fused-ring (bicyclic) bond motifs is 3. The highest BCUT2D eigenvalue weighted by Gasteiger charge is 2.38. The number of carbonyl (C=O) groups is 1. The summed E-state index contributed by atoms with van der Waals surface area (Å²) in [5, 5.41) is 6.38. The van der Waals surface area contributed by atoms with E-state index in [9.17, 15) is 4.79 Å². The number of nitrogens with one attached hydrogen (secondary N) is 1. The summed E-state index contributed by atoms with van der Waals surface area (Å²) in [4.78, 5) is 23.4. The summed E-state index contributed by atoms with van der Waals surface area (Å²) >= 11 is 3.51. The standard InChI is InChI=1S/C23H18BrN5O2/c1-28-17-7-6-14(24)11-15(17)20(27-28)23(30)29-9-8-16-21(26-12-25-16)22(29)19-10-13-4-2-3-5-18(13)31-19/h2-7,10-12,22H,8-9H2,1H3,(H,25,26)/t22-/m1/s1. The maximum Gasteiger partial charge on any atom is 0.275 e. The Morgan fingerprint density at radius 1 is 1.23 bits per heavy atom. The van der Waals surface area contributed by atoms with Gasteiger partial charge in [0.2, 0.25) is 0 Å². The Bertz CT molecular complexity index is 1430. The van der Waals surface area contributed by atoms with Crippen molar-refractivity contribution in [2.75, 3.05) is 6.54 Å². The van der Waals surface area contributed by atoms with E-state index in [1.54, 1.807) is 11.0 Å². The summed E-state index contributed by atoms with van der Waals surface area (Å²) in [6.45, 7) is 0.543. The van der Waals surface area contributed by atoms with E-state index in [4.69, 9.17) is 4.42 Å². The Morgan fingerprint density at radius 2 is 2.10 bits per heavy atom. The number of benzene rings is 2. The Kier molecular flexibility index (Phi) is 4.04. The molecule has 4 heterocycles. The lowest BCUT2D eigenvalue weighted by Crippen LogP contribution is -2.41. The first-order valence-electron chi connectivity index (χ1n) is 10.0. The van der Waals surface area contributed by atoms with Crippen molar-refractivity contribution in [2.24, 2.45) is 7.05 Å². The average Bonchev–Trinajstić information content (AvgIpc) is 3.49. The van der Waals surface area contributed by atoms with Gasteiger partial charge >= 0.3 is 0 Å². The summed E-state index contributed by atoms with van der Waals surface area (Å²) in [5.74, 6) is 0.562. The molecule has 1 amide bonds. The van der Waals surface area contributed by atoms with Gasteiger partial charge in [-0.15, -0.1) is 0 Å². The molecule has 31 heavy (non-hydrogen) atoms. The van der Waals surface area contributed by atoms with E-state index in [2.05, 4.69) is 31.0 Å². The second-order valence-electron chi connectivity index (χ2n) is 7.74. The Balaban J connectivity index is 1.50. The Labute approximate surface area is 185 Å². The Hall–Kier alpha value is -3.39. The molecule has 0 saturated carbocycles. The molecule has 0 saturated heterocycles.